The Kier molecular flexibility index (Phi) is 3.86. The fourth-order valence-electron chi connectivity index (χ4n) is 1.40. The maximum Gasteiger partial charge on any atom is 0.115 e. The van der Waals surface area contributed by atoms with Crippen molar-refractivity contribution in [2.45, 2.75) is 17.7 Å². The molecule has 82 valence electrons. The van der Waals surface area contributed by atoms with Gasteiger partial charge in [-0.1, -0.05) is 35.9 Å². The number of nitrogens with zero attached hydrogens (tertiary/aromatic N) is 1. The van der Waals surface area contributed by atoms with Crippen LogP contribution in [-0.4, -0.2) is 4.98 Å². The van der Waals surface area contributed by atoms with Crippen LogP contribution in [0.3, 0.4) is 0 Å². The second kappa shape index (κ2) is 5.37. The number of benzene rings is 1. The van der Waals surface area contributed by atoms with Crippen molar-refractivity contribution >= 4 is 23.4 Å². The Bertz CT molecular complexity index is 439. The number of rotatable bonds is 3. The molecule has 2 rings (SSSR count). The molecule has 0 aliphatic heterocycles. The van der Waals surface area contributed by atoms with E-state index in [2.05, 4.69) is 36.2 Å². The highest BCUT2D eigenvalue weighted by atomic mass is 35.5. The summed E-state index contributed by atoms with van der Waals surface area (Å²) in [5, 5.41) is 1.62. The molecule has 0 aliphatic rings. The van der Waals surface area contributed by atoms with Gasteiger partial charge in [0.25, 0.3) is 0 Å². The molecular formula is C13H12ClNS. The van der Waals surface area contributed by atoms with Crippen LogP contribution in [0.5, 0.6) is 0 Å². The van der Waals surface area contributed by atoms with Gasteiger partial charge in [-0.05, 0) is 30.2 Å². The Morgan fingerprint density at radius 2 is 2.00 bits per heavy atom. The van der Waals surface area contributed by atoms with Crippen LogP contribution in [0, 0.1) is 6.92 Å². The topological polar surface area (TPSA) is 12.9 Å². The van der Waals surface area contributed by atoms with Gasteiger partial charge in [-0.3, -0.25) is 0 Å². The summed E-state index contributed by atoms with van der Waals surface area (Å²) < 4.78 is 0. The Hall–Kier alpha value is -0.990. The van der Waals surface area contributed by atoms with Crippen LogP contribution >= 0.6 is 23.4 Å². The van der Waals surface area contributed by atoms with Crippen LogP contribution in [0.2, 0.25) is 5.02 Å². The molecule has 0 atom stereocenters. The van der Waals surface area contributed by atoms with Gasteiger partial charge in [-0.25, -0.2) is 4.98 Å². The molecule has 0 radical (unpaired) electrons. The van der Waals surface area contributed by atoms with Crippen molar-refractivity contribution in [2.75, 3.05) is 0 Å². The number of aromatic nitrogens is 1. The second-order valence-electron chi connectivity index (χ2n) is 3.51. The van der Waals surface area contributed by atoms with E-state index in [0.29, 0.717) is 0 Å². The van der Waals surface area contributed by atoms with Gasteiger partial charge in [0.2, 0.25) is 0 Å². The molecule has 0 saturated carbocycles. The molecule has 3 heteroatoms. The van der Waals surface area contributed by atoms with Crippen LogP contribution in [0.15, 0.2) is 47.6 Å². The zero-order chi connectivity index (χ0) is 11.4. The average molecular weight is 250 g/mol. The highest BCUT2D eigenvalue weighted by molar-refractivity contribution is 7.98. The van der Waals surface area contributed by atoms with Crippen LogP contribution in [-0.2, 0) is 5.75 Å². The van der Waals surface area contributed by atoms with Crippen LogP contribution < -0.4 is 0 Å². The summed E-state index contributed by atoms with van der Waals surface area (Å²) in [5.41, 5.74) is 2.64. The first-order chi connectivity index (χ1) is 7.77. The highest BCUT2D eigenvalue weighted by Gasteiger charge is 2.03. The molecule has 0 bridgehead atoms. The number of halogens is 1. The molecule has 1 aromatic carbocycles. The van der Waals surface area contributed by atoms with Crippen molar-refractivity contribution in [3.05, 3.63) is 58.7 Å². The lowest BCUT2D eigenvalue weighted by molar-refractivity contribution is 1.13. The van der Waals surface area contributed by atoms with Gasteiger partial charge in [-0.15, -0.1) is 11.8 Å². The van der Waals surface area contributed by atoms with Gasteiger partial charge < -0.3 is 0 Å². The summed E-state index contributed by atoms with van der Waals surface area (Å²) in [6.07, 6.45) is 1.77. The first-order valence-corrected chi connectivity index (χ1v) is 6.41. The Morgan fingerprint density at radius 1 is 1.19 bits per heavy atom. The molecule has 0 unspecified atom stereocenters. The normalized spacial score (nSPS) is 10.4. The Balaban J connectivity index is 2.09. The van der Waals surface area contributed by atoms with Crippen LogP contribution in [0.1, 0.15) is 11.1 Å². The maximum absolute atomic E-state index is 6.05. The minimum absolute atomic E-state index is 0.723. The van der Waals surface area contributed by atoms with Gasteiger partial charge in [0.05, 0.1) is 5.02 Å². The quantitative estimate of drug-likeness (QED) is 0.751. The molecule has 0 aliphatic carbocycles. The summed E-state index contributed by atoms with van der Waals surface area (Å²) >= 11 is 7.72. The summed E-state index contributed by atoms with van der Waals surface area (Å²) in [7, 11) is 0. The standard InChI is InChI=1S/C13H12ClNS/c1-10-5-2-3-6-11(10)9-16-13-12(14)7-4-8-15-13/h2-8H,9H2,1H3. The molecule has 0 amide bonds. The molecule has 2 aromatic rings. The highest BCUT2D eigenvalue weighted by Crippen LogP contribution is 2.27. The van der Waals surface area contributed by atoms with E-state index < -0.39 is 0 Å². The van der Waals surface area contributed by atoms with Crippen molar-refractivity contribution in [1.29, 1.82) is 0 Å². The first-order valence-electron chi connectivity index (χ1n) is 5.05. The van der Waals surface area contributed by atoms with E-state index in [1.165, 1.54) is 11.1 Å². The molecular weight excluding hydrogens is 238 g/mol. The number of hydrogen-bond donors (Lipinski definition) is 0. The van der Waals surface area contributed by atoms with E-state index >= 15 is 0 Å². The third-order valence-corrected chi connectivity index (χ3v) is 3.82. The lowest BCUT2D eigenvalue weighted by atomic mass is 10.1. The molecule has 0 fully saturated rings. The van der Waals surface area contributed by atoms with Crippen molar-refractivity contribution in [3.63, 3.8) is 0 Å². The third-order valence-electron chi connectivity index (χ3n) is 2.35. The summed E-state index contributed by atoms with van der Waals surface area (Å²) in [6, 6.07) is 12.1. The predicted molar refractivity (Wildman–Crippen MR) is 70.0 cm³/mol. The minimum atomic E-state index is 0.723. The molecule has 1 heterocycles. The zero-order valence-electron chi connectivity index (χ0n) is 8.98. The number of pyridine rings is 1. The monoisotopic (exact) mass is 249 g/mol. The van der Waals surface area contributed by atoms with Gasteiger partial charge in [0.15, 0.2) is 0 Å². The Morgan fingerprint density at radius 3 is 2.75 bits per heavy atom. The summed E-state index contributed by atoms with van der Waals surface area (Å²) in [4.78, 5) is 4.25. The number of aryl methyl sites for hydroxylation is 1. The molecule has 0 saturated heterocycles. The van der Waals surface area contributed by atoms with Crippen molar-refractivity contribution < 1.29 is 0 Å². The second-order valence-corrected chi connectivity index (χ2v) is 4.88. The predicted octanol–water partition coefficient (Wildman–Crippen LogP) is 4.34. The van der Waals surface area contributed by atoms with Crippen molar-refractivity contribution in [3.8, 4) is 0 Å². The van der Waals surface area contributed by atoms with Gasteiger partial charge in [0, 0.05) is 11.9 Å². The van der Waals surface area contributed by atoms with Gasteiger partial charge >= 0.3 is 0 Å². The fraction of sp³-hybridized carbons (Fsp3) is 0.154. The smallest absolute Gasteiger partial charge is 0.115 e. The van der Waals surface area contributed by atoms with E-state index in [1.54, 1.807) is 18.0 Å². The van der Waals surface area contributed by atoms with E-state index in [4.69, 9.17) is 11.6 Å². The van der Waals surface area contributed by atoms with Crippen molar-refractivity contribution in [1.82, 2.24) is 4.98 Å². The van der Waals surface area contributed by atoms with Crippen LogP contribution in [0.4, 0.5) is 0 Å². The SMILES string of the molecule is Cc1ccccc1CSc1ncccc1Cl. The largest absolute Gasteiger partial charge is 0.248 e. The lowest BCUT2D eigenvalue weighted by Crippen LogP contribution is -1.87. The third kappa shape index (κ3) is 2.77. The van der Waals surface area contributed by atoms with E-state index in [9.17, 15) is 0 Å². The van der Waals surface area contributed by atoms with Gasteiger partial charge in [0.1, 0.15) is 5.03 Å². The Labute approximate surface area is 105 Å². The average Bonchev–Trinajstić information content (AvgIpc) is 2.30. The lowest BCUT2D eigenvalue weighted by Gasteiger charge is -2.05. The van der Waals surface area contributed by atoms with Crippen LogP contribution in [0.25, 0.3) is 0 Å². The van der Waals surface area contributed by atoms with E-state index in [-0.39, 0.29) is 0 Å². The number of thioether (sulfide) groups is 1. The van der Waals surface area contributed by atoms with Crippen molar-refractivity contribution in [2.24, 2.45) is 0 Å². The summed E-state index contributed by atoms with van der Waals surface area (Å²) in [6.45, 7) is 2.12. The number of hydrogen-bond acceptors (Lipinski definition) is 2. The minimum Gasteiger partial charge on any atom is -0.248 e. The summed E-state index contributed by atoms with van der Waals surface area (Å²) in [5.74, 6) is 0.906. The molecule has 0 N–H and O–H groups in total. The van der Waals surface area contributed by atoms with Gasteiger partial charge in [-0.2, -0.15) is 0 Å². The molecule has 16 heavy (non-hydrogen) atoms. The molecule has 0 spiro atoms. The maximum atomic E-state index is 6.05. The van der Waals surface area contributed by atoms with E-state index in [1.807, 2.05) is 12.1 Å². The van der Waals surface area contributed by atoms with E-state index in [0.717, 1.165) is 15.8 Å². The first kappa shape index (κ1) is 11.5. The fourth-order valence-corrected chi connectivity index (χ4v) is 2.64. The molecule has 1 aromatic heterocycles. The zero-order valence-corrected chi connectivity index (χ0v) is 10.6. The molecule has 1 nitrogen and oxygen atoms in total.